The first-order valence-electron chi connectivity index (χ1n) is 9.42. The molecule has 0 bridgehead atoms. The summed E-state index contributed by atoms with van der Waals surface area (Å²) >= 11 is 3.20. The lowest BCUT2D eigenvalue weighted by Gasteiger charge is -2.31. The van der Waals surface area contributed by atoms with Crippen LogP contribution in [0.4, 0.5) is 4.79 Å². The molecule has 1 aromatic rings. The standard InChI is InChI=1S/C19H28BrN3O5/c1-19(2,3)28-18(26)21-9-6-16(24)22-12-13-7-10-23(11-8-13)17(25)14-4-5-15(20)27-14/h4-5,13H,6-12H2,1-3H3,(H,21,26)(H,22,24). The van der Waals surface area contributed by atoms with Crippen molar-refractivity contribution in [1.82, 2.24) is 15.5 Å². The van der Waals surface area contributed by atoms with Crippen molar-refractivity contribution in [2.75, 3.05) is 26.2 Å². The summed E-state index contributed by atoms with van der Waals surface area (Å²) in [7, 11) is 0. The minimum absolute atomic E-state index is 0.110. The van der Waals surface area contributed by atoms with Crippen LogP contribution >= 0.6 is 15.9 Å². The summed E-state index contributed by atoms with van der Waals surface area (Å²) in [6.07, 6.45) is 1.32. The highest BCUT2D eigenvalue weighted by atomic mass is 79.9. The van der Waals surface area contributed by atoms with Crippen LogP contribution in [0.25, 0.3) is 0 Å². The first kappa shape index (κ1) is 22.3. The van der Waals surface area contributed by atoms with E-state index in [9.17, 15) is 14.4 Å². The number of carbonyl (C=O) groups is 3. The Labute approximate surface area is 173 Å². The van der Waals surface area contributed by atoms with Gasteiger partial charge in [-0.05, 0) is 67.6 Å². The molecule has 0 saturated carbocycles. The van der Waals surface area contributed by atoms with Crippen LogP contribution < -0.4 is 10.6 Å². The Bertz CT molecular complexity index is 690. The van der Waals surface area contributed by atoms with E-state index in [0.717, 1.165) is 12.8 Å². The van der Waals surface area contributed by atoms with Crippen LogP contribution in [0, 0.1) is 5.92 Å². The highest BCUT2D eigenvalue weighted by molar-refractivity contribution is 9.10. The summed E-state index contributed by atoms with van der Waals surface area (Å²) < 4.78 is 11.0. The second-order valence-corrected chi connectivity index (χ2v) is 8.60. The molecule has 28 heavy (non-hydrogen) atoms. The van der Waals surface area contributed by atoms with Gasteiger partial charge < -0.3 is 24.7 Å². The molecule has 3 amide bonds. The number of alkyl carbamates (subject to hydrolysis) is 1. The van der Waals surface area contributed by atoms with Crippen LogP contribution in [-0.2, 0) is 9.53 Å². The molecule has 1 fully saturated rings. The van der Waals surface area contributed by atoms with E-state index >= 15 is 0 Å². The van der Waals surface area contributed by atoms with E-state index in [0.29, 0.717) is 36.0 Å². The van der Waals surface area contributed by atoms with Gasteiger partial charge in [0.15, 0.2) is 10.4 Å². The number of halogens is 1. The van der Waals surface area contributed by atoms with Crippen molar-refractivity contribution < 1.29 is 23.5 Å². The Morgan fingerprint density at radius 2 is 1.89 bits per heavy atom. The van der Waals surface area contributed by atoms with Crippen LogP contribution in [0.15, 0.2) is 21.2 Å². The van der Waals surface area contributed by atoms with Crippen LogP contribution in [0.3, 0.4) is 0 Å². The van der Waals surface area contributed by atoms with Gasteiger partial charge in [-0.15, -0.1) is 0 Å². The lowest BCUT2D eigenvalue weighted by Crippen LogP contribution is -2.42. The number of nitrogens with one attached hydrogen (secondary N) is 2. The summed E-state index contributed by atoms with van der Waals surface area (Å²) in [4.78, 5) is 37.6. The Morgan fingerprint density at radius 1 is 1.21 bits per heavy atom. The number of hydrogen-bond donors (Lipinski definition) is 2. The van der Waals surface area contributed by atoms with Crippen molar-refractivity contribution in [3.8, 4) is 0 Å². The Morgan fingerprint density at radius 3 is 2.46 bits per heavy atom. The van der Waals surface area contributed by atoms with E-state index in [1.54, 1.807) is 37.8 Å². The van der Waals surface area contributed by atoms with Gasteiger partial charge in [-0.2, -0.15) is 0 Å². The Kier molecular flexibility index (Phi) is 7.91. The molecule has 2 N–H and O–H groups in total. The smallest absolute Gasteiger partial charge is 0.407 e. The maximum Gasteiger partial charge on any atom is 0.407 e. The van der Waals surface area contributed by atoms with Gasteiger partial charge in [-0.25, -0.2) is 4.79 Å². The molecule has 2 heterocycles. The highest BCUT2D eigenvalue weighted by Crippen LogP contribution is 2.21. The summed E-state index contributed by atoms with van der Waals surface area (Å²) in [5.74, 6) is 0.433. The third kappa shape index (κ3) is 7.53. The molecule has 2 rings (SSSR count). The number of likely N-dealkylation sites (tertiary alicyclic amines) is 1. The molecule has 1 aromatic heterocycles. The van der Waals surface area contributed by atoms with Crippen molar-refractivity contribution >= 4 is 33.8 Å². The number of hydrogen-bond acceptors (Lipinski definition) is 5. The van der Waals surface area contributed by atoms with Gasteiger partial charge in [0.1, 0.15) is 5.60 Å². The zero-order chi connectivity index (χ0) is 20.7. The van der Waals surface area contributed by atoms with Crippen molar-refractivity contribution in [3.05, 3.63) is 22.6 Å². The van der Waals surface area contributed by atoms with Gasteiger partial charge in [0.25, 0.3) is 5.91 Å². The van der Waals surface area contributed by atoms with Crippen molar-refractivity contribution in [2.24, 2.45) is 5.92 Å². The molecule has 8 nitrogen and oxygen atoms in total. The second-order valence-electron chi connectivity index (χ2n) is 7.82. The number of nitrogens with zero attached hydrogens (tertiary/aromatic N) is 1. The fourth-order valence-electron chi connectivity index (χ4n) is 2.86. The topological polar surface area (TPSA) is 101 Å². The molecule has 1 saturated heterocycles. The predicted molar refractivity (Wildman–Crippen MR) is 107 cm³/mol. The molecule has 0 atom stereocenters. The number of furan rings is 1. The number of rotatable bonds is 6. The SMILES string of the molecule is CC(C)(C)OC(=O)NCCC(=O)NCC1CCN(C(=O)c2ccc(Br)o2)CC1. The first-order valence-corrected chi connectivity index (χ1v) is 10.2. The van der Waals surface area contributed by atoms with E-state index in [1.165, 1.54) is 0 Å². The molecule has 0 aromatic carbocycles. The third-order valence-electron chi connectivity index (χ3n) is 4.29. The number of amides is 3. The van der Waals surface area contributed by atoms with E-state index < -0.39 is 11.7 Å². The minimum atomic E-state index is -0.559. The first-order chi connectivity index (χ1) is 13.1. The van der Waals surface area contributed by atoms with Crippen molar-refractivity contribution in [3.63, 3.8) is 0 Å². The second kappa shape index (κ2) is 9.95. The van der Waals surface area contributed by atoms with Crippen molar-refractivity contribution in [1.29, 1.82) is 0 Å². The van der Waals surface area contributed by atoms with Gasteiger partial charge in [-0.1, -0.05) is 0 Å². The highest BCUT2D eigenvalue weighted by Gasteiger charge is 2.25. The molecule has 0 spiro atoms. The normalized spacial score (nSPS) is 15.2. The Balaban J connectivity index is 1.61. The lowest BCUT2D eigenvalue weighted by molar-refractivity contribution is -0.121. The number of carbonyl (C=O) groups excluding carboxylic acids is 3. The van der Waals surface area contributed by atoms with E-state index in [1.807, 2.05) is 0 Å². The lowest BCUT2D eigenvalue weighted by atomic mass is 9.96. The van der Waals surface area contributed by atoms with E-state index in [-0.39, 0.29) is 24.8 Å². The quantitative estimate of drug-likeness (QED) is 0.683. The van der Waals surface area contributed by atoms with Crippen LogP contribution in [0.1, 0.15) is 50.6 Å². The molecule has 0 unspecified atom stereocenters. The molecular formula is C19H28BrN3O5. The van der Waals surface area contributed by atoms with Gasteiger partial charge in [0, 0.05) is 32.6 Å². The monoisotopic (exact) mass is 457 g/mol. The summed E-state index contributed by atoms with van der Waals surface area (Å²) in [5.41, 5.74) is -0.559. The number of ether oxygens (including phenoxy) is 1. The Hall–Kier alpha value is -2.03. The minimum Gasteiger partial charge on any atom is -0.444 e. The summed E-state index contributed by atoms with van der Waals surface area (Å²) in [6.45, 7) is 7.42. The zero-order valence-corrected chi connectivity index (χ0v) is 18.1. The average molecular weight is 458 g/mol. The van der Waals surface area contributed by atoms with Crippen molar-refractivity contribution in [2.45, 2.75) is 45.6 Å². The van der Waals surface area contributed by atoms with E-state index in [2.05, 4.69) is 26.6 Å². The summed E-state index contributed by atoms with van der Waals surface area (Å²) in [6, 6.07) is 3.36. The molecular weight excluding hydrogens is 430 g/mol. The molecule has 0 aliphatic carbocycles. The van der Waals surface area contributed by atoms with E-state index in [4.69, 9.17) is 9.15 Å². The average Bonchev–Trinajstić information content (AvgIpc) is 3.04. The summed E-state index contributed by atoms with van der Waals surface area (Å²) in [5, 5.41) is 5.46. The van der Waals surface area contributed by atoms with Crippen LogP contribution in [0.2, 0.25) is 0 Å². The fourth-order valence-corrected chi connectivity index (χ4v) is 3.17. The number of piperidine rings is 1. The largest absolute Gasteiger partial charge is 0.444 e. The molecule has 0 radical (unpaired) electrons. The molecule has 1 aliphatic rings. The van der Waals surface area contributed by atoms with Crippen LogP contribution in [0.5, 0.6) is 0 Å². The van der Waals surface area contributed by atoms with Gasteiger partial charge in [0.05, 0.1) is 0 Å². The fraction of sp³-hybridized carbons (Fsp3) is 0.632. The van der Waals surface area contributed by atoms with Gasteiger partial charge in [0.2, 0.25) is 5.91 Å². The van der Waals surface area contributed by atoms with Gasteiger partial charge in [-0.3, -0.25) is 9.59 Å². The van der Waals surface area contributed by atoms with Crippen LogP contribution in [-0.4, -0.2) is 54.6 Å². The third-order valence-corrected chi connectivity index (χ3v) is 4.72. The zero-order valence-electron chi connectivity index (χ0n) is 16.5. The molecule has 9 heteroatoms. The molecule has 156 valence electrons. The maximum absolute atomic E-state index is 12.3. The molecule has 1 aliphatic heterocycles. The van der Waals surface area contributed by atoms with Gasteiger partial charge >= 0.3 is 6.09 Å². The predicted octanol–water partition coefficient (Wildman–Crippen LogP) is 2.93. The maximum atomic E-state index is 12.3.